The quantitative estimate of drug-likeness (QED) is 0.695. The molecule has 0 saturated heterocycles. The molecule has 0 radical (unpaired) electrons. The zero-order valence-electron chi connectivity index (χ0n) is 10.4. The zero-order chi connectivity index (χ0) is 11.8. The van der Waals surface area contributed by atoms with Crippen molar-refractivity contribution >= 4 is 11.3 Å². The lowest BCUT2D eigenvalue weighted by molar-refractivity contribution is 0.406. The van der Waals surface area contributed by atoms with E-state index in [0.29, 0.717) is 0 Å². The summed E-state index contributed by atoms with van der Waals surface area (Å²) in [6.45, 7) is 2.24. The lowest BCUT2D eigenvalue weighted by Gasteiger charge is -2.11. The van der Waals surface area contributed by atoms with Crippen molar-refractivity contribution in [3.05, 3.63) is 16.3 Å². The third-order valence-electron chi connectivity index (χ3n) is 2.83. The van der Waals surface area contributed by atoms with E-state index in [-0.39, 0.29) is 6.04 Å². The summed E-state index contributed by atoms with van der Waals surface area (Å²) in [7, 11) is 1.71. The molecule has 3 heteroatoms. The Kier molecular flexibility index (Phi) is 6.50. The Hall–Kier alpha value is -0.540. The van der Waals surface area contributed by atoms with E-state index in [0.717, 1.165) is 12.2 Å². The van der Waals surface area contributed by atoms with Crippen LogP contribution in [0.3, 0.4) is 0 Å². The summed E-state index contributed by atoms with van der Waals surface area (Å²) in [4.78, 5) is 1.19. The molecule has 0 aliphatic rings. The molecule has 2 nitrogen and oxygen atoms in total. The summed E-state index contributed by atoms with van der Waals surface area (Å²) in [6, 6.07) is 2.15. The first kappa shape index (κ1) is 13.5. The van der Waals surface area contributed by atoms with Gasteiger partial charge < -0.3 is 10.5 Å². The molecule has 0 bridgehead atoms. The number of hydrogen-bond acceptors (Lipinski definition) is 3. The van der Waals surface area contributed by atoms with E-state index in [2.05, 4.69) is 6.92 Å². The third kappa shape index (κ3) is 4.14. The summed E-state index contributed by atoms with van der Waals surface area (Å²) in [5.41, 5.74) is 6.16. The Bertz CT molecular complexity index is 285. The van der Waals surface area contributed by atoms with Gasteiger partial charge in [-0.2, -0.15) is 0 Å². The number of rotatable bonds is 8. The molecule has 1 aromatic heterocycles. The minimum atomic E-state index is 0.150. The van der Waals surface area contributed by atoms with Gasteiger partial charge in [0.25, 0.3) is 0 Å². The summed E-state index contributed by atoms with van der Waals surface area (Å²) in [5.74, 6) is 0.950. The highest BCUT2D eigenvalue weighted by molar-refractivity contribution is 7.10. The van der Waals surface area contributed by atoms with Gasteiger partial charge in [-0.3, -0.25) is 0 Å². The van der Waals surface area contributed by atoms with Gasteiger partial charge in [0.2, 0.25) is 0 Å². The first-order chi connectivity index (χ1) is 7.79. The van der Waals surface area contributed by atoms with E-state index in [1.807, 2.05) is 11.4 Å². The van der Waals surface area contributed by atoms with E-state index in [9.17, 15) is 0 Å². The highest BCUT2D eigenvalue weighted by atomic mass is 32.1. The number of hydrogen-bond donors (Lipinski definition) is 1. The molecule has 1 atom stereocenters. The molecular formula is C13H23NOS. The van der Waals surface area contributed by atoms with Crippen LogP contribution in [0.2, 0.25) is 0 Å². The maximum Gasteiger partial charge on any atom is 0.134 e. The van der Waals surface area contributed by atoms with E-state index in [1.165, 1.54) is 37.0 Å². The molecule has 0 aliphatic carbocycles. The molecule has 0 fully saturated rings. The van der Waals surface area contributed by atoms with Crippen molar-refractivity contribution < 1.29 is 4.74 Å². The molecule has 92 valence electrons. The summed E-state index contributed by atoms with van der Waals surface area (Å²) < 4.78 is 5.28. The Labute approximate surface area is 103 Å². The monoisotopic (exact) mass is 241 g/mol. The van der Waals surface area contributed by atoms with Gasteiger partial charge in [-0.15, -0.1) is 11.3 Å². The van der Waals surface area contributed by atoms with Crippen LogP contribution in [0.4, 0.5) is 0 Å². The van der Waals surface area contributed by atoms with Crippen LogP contribution < -0.4 is 10.5 Å². The maximum absolute atomic E-state index is 6.16. The molecule has 1 heterocycles. The maximum atomic E-state index is 6.16. The van der Waals surface area contributed by atoms with Crippen LogP contribution in [-0.2, 0) is 0 Å². The van der Waals surface area contributed by atoms with Crippen molar-refractivity contribution in [2.75, 3.05) is 7.11 Å². The van der Waals surface area contributed by atoms with Crippen molar-refractivity contribution in [3.63, 3.8) is 0 Å². The van der Waals surface area contributed by atoms with Crippen molar-refractivity contribution in [3.8, 4) is 5.75 Å². The predicted octanol–water partition coefficient (Wildman–Crippen LogP) is 4.12. The minimum Gasteiger partial charge on any atom is -0.496 e. The molecule has 0 spiro atoms. The highest BCUT2D eigenvalue weighted by Crippen LogP contribution is 2.32. The van der Waals surface area contributed by atoms with Crippen LogP contribution in [-0.4, -0.2) is 7.11 Å². The fraction of sp³-hybridized carbons (Fsp3) is 0.692. The van der Waals surface area contributed by atoms with Gasteiger partial charge in [0, 0.05) is 6.04 Å². The zero-order valence-corrected chi connectivity index (χ0v) is 11.2. The first-order valence-corrected chi connectivity index (χ1v) is 7.04. The Morgan fingerprint density at radius 3 is 2.75 bits per heavy atom. The lowest BCUT2D eigenvalue weighted by atomic mass is 10.1. The third-order valence-corrected chi connectivity index (χ3v) is 3.86. The molecule has 0 saturated carbocycles. The largest absolute Gasteiger partial charge is 0.496 e. The number of thiophene rings is 1. The summed E-state index contributed by atoms with van der Waals surface area (Å²) in [6.07, 6.45) is 7.57. The van der Waals surface area contributed by atoms with Crippen LogP contribution in [0.15, 0.2) is 11.4 Å². The van der Waals surface area contributed by atoms with E-state index in [1.54, 1.807) is 18.4 Å². The second kappa shape index (κ2) is 7.69. The average Bonchev–Trinajstić information content (AvgIpc) is 2.76. The van der Waals surface area contributed by atoms with Crippen molar-refractivity contribution in [2.24, 2.45) is 5.73 Å². The van der Waals surface area contributed by atoms with Gasteiger partial charge in [-0.05, 0) is 17.9 Å². The normalized spacial score (nSPS) is 12.7. The van der Waals surface area contributed by atoms with Gasteiger partial charge in [-0.25, -0.2) is 0 Å². The fourth-order valence-electron chi connectivity index (χ4n) is 1.85. The molecular weight excluding hydrogens is 218 g/mol. The highest BCUT2D eigenvalue weighted by Gasteiger charge is 2.12. The summed E-state index contributed by atoms with van der Waals surface area (Å²) in [5, 5.41) is 2.05. The van der Waals surface area contributed by atoms with Crippen LogP contribution in [0.25, 0.3) is 0 Å². The Morgan fingerprint density at radius 2 is 2.06 bits per heavy atom. The Morgan fingerprint density at radius 1 is 1.31 bits per heavy atom. The fourth-order valence-corrected chi connectivity index (χ4v) is 2.75. The van der Waals surface area contributed by atoms with Crippen molar-refractivity contribution in [1.82, 2.24) is 0 Å². The molecule has 1 unspecified atom stereocenters. The van der Waals surface area contributed by atoms with Crippen LogP contribution in [0, 0.1) is 0 Å². The molecule has 16 heavy (non-hydrogen) atoms. The molecule has 1 aromatic rings. The van der Waals surface area contributed by atoms with Crippen molar-refractivity contribution in [2.45, 2.75) is 51.5 Å². The first-order valence-electron chi connectivity index (χ1n) is 6.16. The van der Waals surface area contributed by atoms with Gasteiger partial charge >= 0.3 is 0 Å². The van der Waals surface area contributed by atoms with E-state index < -0.39 is 0 Å². The van der Waals surface area contributed by atoms with E-state index >= 15 is 0 Å². The second-order valence-corrected chi connectivity index (χ2v) is 5.11. The molecule has 0 aliphatic heterocycles. The van der Waals surface area contributed by atoms with E-state index in [4.69, 9.17) is 10.5 Å². The number of ether oxygens (including phenoxy) is 1. The molecule has 1 rings (SSSR count). The lowest BCUT2D eigenvalue weighted by Crippen LogP contribution is -2.09. The summed E-state index contributed by atoms with van der Waals surface area (Å²) >= 11 is 1.70. The second-order valence-electron chi connectivity index (χ2n) is 4.16. The molecule has 0 amide bonds. The predicted molar refractivity (Wildman–Crippen MR) is 71.2 cm³/mol. The van der Waals surface area contributed by atoms with Gasteiger partial charge in [0.1, 0.15) is 5.75 Å². The van der Waals surface area contributed by atoms with Crippen LogP contribution in [0.5, 0.6) is 5.75 Å². The number of unbranched alkanes of at least 4 members (excludes halogenated alkanes) is 4. The smallest absolute Gasteiger partial charge is 0.134 e. The topological polar surface area (TPSA) is 35.2 Å². The standard InChI is InChI=1S/C13H23NOS/c1-3-4-5-6-7-8-11(14)13-12(15-2)9-10-16-13/h9-11H,3-8,14H2,1-2H3. The van der Waals surface area contributed by atoms with Gasteiger partial charge in [0.15, 0.2) is 0 Å². The number of nitrogens with two attached hydrogens (primary N) is 1. The molecule has 2 N–H and O–H groups in total. The SMILES string of the molecule is CCCCCCCC(N)c1sccc1OC. The van der Waals surface area contributed by atoms with Gasteiger partial charge in [0.05, 0.1) is 12.0 Å². The molecule has 0 aromatic carbocycles. The van der Waals surface area contributed by atoms with Crippen LogP contribution >= 0.6 is 11.3 Å². The van der Waals surface area contributed by atoms with Crippen molar-refractivity contribution in [1.29, 1.82) is 0 Å². The number of methoxy groups -OCH3 is 1. The average molecular weight is 241 g/mol. The van der Waals surface area contributed by atoms with Gasteiger partial charge in [-0.1, -0.05) is 39.0 Å². The van der Waals surface area contributed by atoms with Crippen LogP contribution in [0.1, 0.15) is 56.4 Å². The minimum absolute atomic E-state index is 0.150. The Balaban J connectivity index is 2.27.